The SMILES string of the molecule is CCCCCCC(C)CCCCCCCCCOCC(O)CO. The molecule has 0 bridgehead atoms. The summed E-state index contributed by atoms with van der Waals surface area (Å²) in [6.07, 6.45) is 16.8. The molecule has 0 fully saturated rings. The molecular formula is C20H42O3. The van der Waals surface area contributed by atoms with E-state index in [1.165, 1.54) is 77.0 Å². The molecule has 0 rings (SSSR count). The van der Waals surface area contributed by atoms with E-state index < -0.39 is 6.10 Å². The second-order valence-electron chi connectivity index (χ2n) is 7.13. The molecule has 2 N–H and O–H groups in total. The average molecular weight is 331 g/mol. The lowest BCUT2D eigenvalue weighted by atomic mass is 9.96. The number of ether oxygens (including phenoxy) is 1. The van der Waals surface area contributed by atoms with E-state index >= 15 is 0 Å². The van der Waals surface area contributed by atoms with E-state index in [2.05, 4.69) is 13.8 Å². The molecule has 0 saturated heterocycles. The van der Waals surface area contributed by atoms with E-state index in [0.717, 1.165) is 12.3 Å². The second kappa shape index (κ2) is 18.2. The molecule has 2 atom stereocenters. The fraction of sp³-hybridized carbons (Fsp3) is 1.00. The Morgan fingerprint density at radius 3 is 1.87 bits per heavy atom. The van der Waals surface area contributed by atoms with Crippen molar-refractivity contribution in [2.75, 3.05) is 19.8 Å². The minimum atomic E-state index is -0.718. The number of rotatable bonds is 18. The summed E-state index contributed by atoms with van der Waals surface area (Å²) >= 11 is 0. The van der Waals surface area contributed by atoms with Gasteiger partial charge in [0.05, 0.1) is 13.2 Å². The maximum Gasteiger partial charge on any atom is 0.100 e. The summed E-state index contributed by atoms with van der Waals surface area (Å²) in [5.41, 5.74) is 0. The van der Waals surface area contributed by atoms with Gasteiger partial charge in [-0.05, 0) is 12.3 Å². The van der Waals surface area contributed by atoms with E-state index in [4.69, 9.17) is 14.9 Å². The summed E-state index contributed by atoms with van der Waals surface area (Å²) in [4.78, 5) is 0. The molecule has 0 spiro atoms. The molecule has 3 heteroatoms. The molecule has 2 unspecified atom stereocenters. The number of hydrogen-bond donors (Lipinski definition) is 2. The van der Waals surface area contributed by atoms with Crippen molar-refractivity contribution in [1.29, 1.82) is 0 Å². The zero-order valence-electron chi connectivity index (χ0n) is 15.8. The van der Waals surface area contributed by atoms with Gasteiger partial charge in [-0.1, -0.05) is 90.9 Å². The first-order valence-electron chi connectivity index (χ1n) is 10.1. The first-order valence-corrected chi connectivity index (χ1v) is 10.1. The minimum Gasteiger partial charge on any atom is -0.394 e. The Kier molecular flexibility index (Phi) is 18.1. The van der Waals surface area contributed by atoms with Crippen LogP contribution < -0.4 is 0 Å². The molecule has 0 heterocycles. The maximum absolute atomic E-state index is 9.12. The van der Waals surface area contributed by atoms with Gasteiger partial charge in [0, 0.05) is 6.61 Å². The van der Waals surface area contributed by atoms with Gasteiger partial charge in [-0.25, -0.2) is 0 Å². The van der Waals surface area contributed by atoms with Gasteiger partial charge in [0.2, 0.25) is 0 Å². The lowest BCUT2D eigenvalue weighted by Gasteiger charge is -2.11. The Balaban J connectivity index is 3.12. The van der Waals surface area contributed by atoms with Crippen LogP contribution in [-0.4, -0.2) is 36.1 Å². The summed E-state index contributed by atoms with van der Waals surface area (Å²) < 4.78 is 5.30. The normalized spacial score (nSPS) is 14.1. The summed E-state index contributed by atoms with van der Waals surface area (Å²) in [6.45, 7) is 5.44. The van der Waals surface area contributed by atoms with Gasteiger partial charge in [0.1, 0.15) is 6.10 Å². The van der Waals surface area contributed by atoms with E-state index in [-0.39, 0.29) is 13.2 Å². The van der Waals surface area contributed by atoms with Crippen LogP contribution in [0.1, 0.15) is 97.3 Å². The van der Waals surface area contributed by atoms with Gasteiger partial charge in [-0.2, -0.15) is 0 Å². The van der Waals surface area contributed by atoms with Gasteiger partial charge >= 0.3 is 0 Å². The highest BCUT2D eigenvalue weighted by Gasteiger charge is 2.02. The van der Waals surface area contributed by atoms with Crippen molar-refractivity contribution in [2.45, 2.75) is 103 Å². The van der Waals surface area contributed by atoms with Crippen LogP contribution in [0.5, 0.6) is 0 Å². The van der Waals surface area contributed by atoms with Crippen molar-refractivity contribution < 1.29 is 14.9 Å². The highest BCUT2D eigenvalue weighted by atomic mass is 16.5. The summed E-state index contributed by atoms with van der Waals surface area (Å²) in [5, 5.41) is 17.8. The highest BCUT2D eigenvalue weighted by Crippen LogP contribution is 2.18. The van der Waals surface area contributed by atoms with Crippen molar-refractivity contribution >= 4 is 0 Å². The molecule has 0 aliphatic rings. The van der Waals surface area contributed by atoms with Crippen LogP contribution >= 0.6 is 0 Å². The topological polar surface area (TPSA) is 49.7 Å². The van der Waals surface area contributed by atoms with Crippen molar-refractivity contribution in [3.05, 3.63) is 0 Å². The standard InChI is InChI=1S/C20H42O3/c1-3-4-5-11-14-19(2)15-12-9-7-6-8-10-13-16-23-18-20(22)17-21/h19-22H,3-18H2,1-2H3. The predicted octanol–water partition coefficient (Wildman–Crippen LogP) is 5.08. The summed E-state index contributed by atoms with van der Waals surface area (Å²) in [6, 6.07) is 0. The number of unbranched alkanes of at least 4 members (excludes halogenated alkanes) is 9. The molecule has 3 nitrogen and oxygen atoms in total. The van der Waals surface area contributed by atoms with E-state index in [0.29, 0.717) is 6.61 Å². The van der Waals surface area contributed by atoms with Crippen LogP contribution in [0, 0.1) is 5.92 Å². The van der Waals surface area contributed by atoms with Gasteiger partial charge in [-0.3, -0.25) is 0 Å². The van der Waals surface area contributed by atoms with Crippen molar-refractivity contribution in [3.8, 4) is 0 Å². The summed E-state index contributed by atoms with van der Waals surface area (Å²) in [7, 11) is 0. The smallest absolute Gasteiger partial charge is 0.100 e. The van der Waals surface area contributed by atoms with Crippen LogP contribution in [0.15, 0.2) is 0 Å². The van der Waals surface area contributed by atoms with Crippen LogP contribution in [-0.2, 0) is 4.74 Å². The van der Waals surface area contributed by atoms with Crippen LogP contribution in [0.3, 0.4) is 0 Å². The molecule has 140 valence electrons. The Bertz CT molecular complexity index is 221. The molecule has 0 aromatic heterocycles. The molecule has 23 heavy (non-hydrogen) atoms. The average Bonchev–Trinajstić information content (AvgIpc) is 2.56. The number of aliphatic hydroxyl groups excluding tert-OH is 2. The lowest BCUT2D eigenvalue weighted by molar-refractivity contribution is 0.00526. The molecule has 0 amide bonds. The summed E-state index contributed by atoms with van der Waals surface area (Å²) in [5.74, 6) is 0.915. The fourth-order valence-electron chi connectivity index (χ4n) is 2.92. The molecule has 0 saturated carbocycles. The zero-order chi connectivity index (χ0) is 17.2. The third-order valence-electron chi connectivity index (χ3n) is 4.56. The van der Waals surface area contributed by atoms with E-state index in [1.54, 1.807) is 0 Å². The van der Waals surface area contributed by atoms with Crippen LogP contribution in [0.2, 0.25) is 0 Å². The van der Waals surface area contributed by atoms with Gasteiger partial charge in [0.25, 0.3) is 0 Å². The maximum atomic E-state index is 9.12. The minimum absolute atomic E-state index is 0.211. The zero-order valence-corrected chi connectivity index (χ0v) is 15.8. The number of aliphatic hydroxyl groups is 2. The van der Waals surface area contributed by atoms with Gasteiger partial charge in [0.15, 0.2) is 0 Å². The quantitative estimate of drug-likeness (QED) is 0.344. The Morgan fingerprint density at radius 2 is 1.30 bits per heavy atom. The number of hydrogen-bond acceptors (Lipinski definition) is 3. The lowest BCUT2D eigenvalue weighted by Crippen LogP contribution is -2.19. The van der Waals surface area contributed by atoms with Crippen molar-refractivity contribution in [1.82, 2.24) is 0 Å². The van der Waals surface area contributed by atoms with E-state index in [9.17, 15) is 0 Å². The molecular weight excluding hydrogens is 288 g/mol. The first kappa shape index (κ1) is 22.9. The predicted molar refractivity (Wildman–Crippen MR) is 98.8 cm³/mol. The monoisotopic (exact) mass is 330 g/mol. The molecule has 0 aromatic rings. The van der Waals surface area contributed by atoms with Gasteiger partial charge < -0.3 is 14.9 Å². The van der Waals surface area contributed by atoms with Crippen molar-refractivity contribution in [3.63, 3.8) is 0 Å². The largest absolute Gasteiger partial charge is 0.394 e. The highest BCUT2D eigenvalue weighted by molar-refractivity contribution is 4.55. The second-order valence-corrected chi connectivity index (χ2v) is 7.13. The molecule has 0 aromatic carbocycles. The Hall–Kier alpha value is -0.120. The van der Waals surface area contributed by atoms with Gasteiger partial charge in [-0.15, -0.1) is 0 Å². The van der Waals surface area contributed by atoms with Crippen LogP contribution in [0.4, 0.5) is 0 Å². The fourth-order valence-corrected chi connectivity index (χ4v) is 2.92. The van der Waals surface area contributed by atoms with E-state index in [1.807, 2.05) is 0 Å². The molecule has 0 radical (unpaired) electrons. The molecule has 0 aliphatic carbocycles. The molecule has 0 aliphatic heterocycles. The first-order chi connectivity index (χ1) is 11.2. The third-order valence-corrected chi connectivity index (χ3v) is 4.56. The Labute approximate surface area is 144 Å². The Morgan fingerprint density at radius 1 is 0.783 bits per heavy atom. The van der Waals surface area contributed by atoms with Crippen LogP contribution in [0.25, 0.3) is 0 Å². The third kappa shape index (κ3) is 18.1. The van der Waals surface area contributed by atoms with Crippen molar-refractivity contribution in [2.24, 2.45) is 5.92 Å².